The Labute approximate surface area is 316 Å². The van der Waals surface area contributed by atoms with E-state index in [1.807, 2.05) is 41.5 Å². The highest BCUT2D eigenvalue weighted by Gasteiger charge is 2.27. The lowest BCUT2D eigenvalue weighted by Crippen LogP contribution is -2.11. The minimum atomic E-state index is -1.18. The van der Waals surface area contributed by atoms with E-state index in [4.69, 9.17) is 5.26 Å². The van der Waals surface area contributed by atoms with Crippen molar-refractivity contribution in [2.75, 3.05) is 0 Å². The topological polar surface area (TPSA) is 47.6 Å². The maximum absolute atomic E-state index is 15.6. The van der Waals surface area contributed by atoms with E-state index in [2.05, 4.69) is 61.0 Å². The van der Waals surface area contributed by atoms with Crippen LogP contribution in [0.1, 0.15) is 90.1 Å². The molecule has 5 aromatic carbocycles. The minimum absolute atomic E-state index is 0.129. The van der Waals surface area contributed by atoms with Gasteiger partial charge in [0.05, 0.1) is 11.1 Å². The molecule has 0 fully saturated rings. The monoisotopic (exact) mass is 790 g/mol. The van der Waals surface area contributed by atoms with Crippen molar-refractivity contribution in [1.82, 2.24) is 0 Å². The number of halogens is 7. The minimum Gasteiger partial charge on any atom is -0.207 e. The number of rotatable bonds is 2. The molecule has 0 saturated carbocycles. The third-order valence-corrected chi connectivity index (χ3v) is 8.87. The van der Waals surface area contributed by atoms with E-state index in [-0.39, 0.29) is 27.4 Å². The van der Waals surface area contributed by atoms with Gasteiger partial charge in [-0.3, -0.25) is 0 Å². The van der Waals surface area contributed by atoms with Crippen LogP contribution in [-0.4, -0.2) is 0 Å². The summed E-state index contributed by atoms with van der Waals surface area (Å²) >= 11 is 3.41. The molecule has 9 heteroatoms. The largest absolute Gasteiger partial charge is 0.207 e. The first-order valence-electron chi connectivity index (χ1n) is 16.6. The molecule has 0 aliphatic carbocycles. The summed E-state index contributed by atoms with van der Waals surface area (Å²) in [5.74, 6) is -6.76. The van der Waals surface area contributed by atoms with Gasteiger partial charge >= 0.3 is 0 Å². The van der Waals surface area contributed by atoms with Gasteiger partial charge in [0.2, 0.25) is 0 Å². The number of nitrogens with zero attached hydrogens (tertiary/aromatic N) is 2. The second-order valence-corrected chi connectivity index (χ2v) is 16.4. The van der Waals surface area contributed by atoms with E-state index >= 15 is 13.2 Å². The number of hydrogen-bond acceptors (Lipinski definition) is 2. The van der Waals surface area contributed by atoms with E-state index < -0.39 is 57.2 Å². The van der Waals surface area contributed by atoms with E-state index in [1.165, 1.54) is 11.6 Å². The Balaban J connectivity index is 0.000000278. The molecule has 276 valence electrons. The van der Waals surface area contributed by atoms with Crippen molar-refractivity contribution in [2.45, 2.75) is 78.6 Å². The lowest BCUT2D eigenvalue weighted by molar-refractivity contribution is 0.538. The summed E-state index contributed by atoms with van der Waals surface area (Å²) in [4.78, 5) is 0. The third kappa shape index (κ3) is 10.6. The van der Waals surface area contributed by atoms with Gasteiger partial charge in [0.25, 0.3) is 0 Å². The summed E-state index contributed by atoms with van der Waals surface area (Å²) in [5, 5.41) is 17.5. The molecular formula is C44H41BrF6N2. The second-order valence-electron chi connectivity index (χ2n) is 15.4. The quantitative estimate of drug-likeness (QED) is 0.167. The SMILES string of the molecule is CC(C)(C)c1ccc(-c2c(F)c(C#N)c(F)c(-c3ccc(C(C)(C)C)cc3)c2F)cc1.CC(C)(C)c1ccc(Br)cc1.N#Cc1c(F)cc(F)cc1F. The molecule has 0 unspecified atom stereocenters. The van der Waals surface area contributed by atoms with E-state index in [0.717, 1.165) is 15.6 Å². The molecule has 0 radical (unpaired) electrons. The maximum Gasteiger partial charge on any atom is 0.154 e. The first kappa shape index (κ1) is 42.6. The normalized spacial score (nSPS) is 11.4. The van der Waals surface area contributed by atoms with Crippen LogP contribution in [0, 0.1) is 57.6 Å². The molecular weight excluding hydrogens is 750 g/mol. The Morgan fingerprint density at radius 2 is 0.755 bits per heavy atom. The fourth-order valence-corrected chi connectivity index (χ4v) is 5.41. The van der Waals surface area contributed by atoms with E-state index in [9.17, 15) is 18.4 Å². The molecule has 0 aliphatic heterocycles. The van der Waals surface area contributed by atoms with Crippen LogP contribution >= 0.6 is 15.9 Å². The highest BCUT2D eigenvalue weighted by Crippen LogP contribution is 2.39. The van der Waals surface area contributed by atoms with Crippen molar-refractivity contribution < 1.29 is 26.3 Å². The average Bonchev–Trinajstić information content (AvgIpc) is 3.05. The molecule has 53 heavy (non-hydrogen) atoms. The van der Waals surface area contributed by atoms with Crippen LogP contribution in [0.2, 0.25) is 0 Å². The van der Waals surface area contributed by atoms with Crippen LogP contribution in [-0.2, 0) is 16.2 Å². The summed E-state index contributed by atoms with van der Waals surface area (Å²) in [6.07, 6.45) is 0. The first-order valence-corrected chi connectivity index (χ1v) is 17.4. The number of nitriles is 2. The van der Waals surface area contributed by atoms with E-state index in [1.54, 1.807) is 54.6 Å². The Hall–Kier alpha value is -4.86. The van der Waals surface area contributed by atoms with Gasteiger partial charge in [0.1, 0.15) is 46.5 Å². The summed E-state index contributed by atoms with van der Waals surface area (Å²) in [6, 6.07) is 25.8. The van der Waals surface area contributed by atoms with Crippen molar-refractivity contribution in [3.05, 3.63) is 152 Å². The van der Waals surface area contributed by atoms with Crippen molar-refractivity contribution in [3.63, 3.8) is 0 Å². The highest BCUT2D eigenvalue weighted by atomic mass is 79.9. The van der Waals surface area contributed by atoms with E-state index in [0.29, 0.717) is 12.1 Å². The molecule has 5 rings (SSSR count). The van der Waals surface area contributed by atoms with Gasteiger partial charge < -0.3 is 0 Å². The van der Waals surface area contributed by atoms with Crippen molar-refractivity contribution in [2.24, 2.45) is 0 Å². The Morgan fingerprint density at radius 3 is 1.04 bits per heavy atom. The lowest BCUT2D eigenvalue weighted by Gasteiger charge is -2.20. The Bertz CT molecular complexity index is 2030. The molecule has 0 spiro atoms. The molecule has 0 bridgehead atoms. The average molecular weight is 792 g/mol. The van der Waals surface area contributed by atoms with Gasteiger partial charge in [-0.1, -0.05) is 139 Å². The molecule has 0 aromatic heterocycles. The smallest absolute Gasteiger partial charge is 0.154 e. The van der Waals surface area contributed by atoms with Gasteiger partial charge in [-0.15, -0.1) is 0 Å². The first-order chi connectivity index (χ1) is 24.5. The fraction of sp³-hybridized carbons (Fsp3) is 0.273. The molecule has 0 saturated heterocycles. The van der Waals surface area contributed by atoms with Crippen LogP contribution in [0.5, 0.6) is 0 Å². The molecule has 0 aliphatic rings. The molecule has 0 heterocycles. The van der Waals surface area contributed by atoms with Crippen LogP contribution in [0.25, 0.3) is 22.3 Å². The van der Waals surface area contributed by atoms with Crippen molar-refractivity contribution >= 4 is 15.9 Å². The molecule has 0 N–H and O–H groups in total. The summed E-state index contributed by atoms with van der Waals surface area (Å²) in [5.41, 5.74) is 1.56. The second kappa shape index (κ2) is 16.9. The van der Waals surface area contributed by atoms with Crippen LogP contribution in [0.3, 0.4) is 0 Å². The standard InChI is InChI=1S/C27H26F3N.C10H13Br.C7H2F3N/c1-26(2,3)18-11-7-16(8-12-18)21-23(28)20(15-31)24(29)22(25(21)30)17-9-13-19(14-10-17)27(4,5)6;1-10(2,3)8-4-6-9(11)7-5-8;8-4-1-6(9)5(3-11)7(10)2-4/h7-14H,1-6H3;4-7H,1-3H3;1-2H. The molecule has 5 aromatic rings. The van der Waals surface area contributed by atoms with Gasteiger partial charge in [-0.2, -0.15) is 10.5 Å². The molecule has 2 nitrogen and oxygen atoms in total. The maximum atomic E-state index is 15.6. The zero-order chi connectivity index (χ0) is 40.1. The number of hydrogen-bond donors (Lipinski definition) is 0. The predicted octanol–water partition coefficient (Wildman–Crippen LogP) is 13.6. The summed E-state index contributed by atoms with van der Waals surface area (Å²) < 4.78 is 83.7. The van der Waals surface area contributed by atoms with Gasteiger partial charge in [0, 0.05) is 16.6 Å². The van der Waals surface area contributed by atoms with Gasteiger partial charge in [-0.25, -0.2) is 26.3 Å². The van der Waals surface area contributed by atoms with Crippen LogP contribution in [0.4, 0.5) is 26.3 Å². The van der Waals surface area contributed by atoms with Crippen LogP contribution in [0.15, 0.2) is 89.4 Å². The Kier molecular flexibility index (Phi) is 13.5. The molecule has 0 amide bonds. The highest BCUT2D eigenvalue weighted by molar-refractivity contribution is 9.10. The van der Waals surface area contributed by atoms with Crippen molar-refractivity contribution in [1.29, 1.82) is 10.5 Å². The predicted molar refractivity (Wildman–Crippen MR) is 203 cm³/mol. The Morgan fingerprint density at radius 1 is 0.453 bits per heavy atom. The van der Waals surface area contributed by atoms with Gasteiger partial charge in [-0.05, 0) is 56.2 Å². The molecule has 0 atom stereocenters. The van der Waals surface area contributed by atoms with Crippen LogP contribution < -0.4 is 0 Å². The summed E-state index contributed by atoms with van der Waals surface area (Å²) in [6.45, 7) is 18.9. The fourth-order valence-electron chi connectivity index (χ4n) is 5.14. The van der Waals surface area contributed by atoms with Crippen molar-refractivity contribution in [3.8, 4) is 34.4 Å². The third-order valence-electron chi connectivity index (χ3n) is 8.34. The summed E-state index contributed by atoms with van der Waals surface area (Å²) in [7, 11) is 0. The zero-order valence-corrected chi connectivity index (χ0v) is 32.7. The lowest BCUT2D eigenvalue weighted by atomic mass is 9.85. The van der Waals surface area contributed by atoms with Gasteiger partial charge in [0.15, 0.2) is 11.6 Å². The number of benzene rings is 5. The zero-order valence-electron chi connectivity index (χ0n) is 31.1.